The molecule has 19 heavy (non-hydrogen) atoms. The highest BCUT2D eigenvalue weighted by atomic mass is 32.1. The fourth-order valence-corrected chi connectivity index (χ4v) is 1.71. The van der Waals surface area contributed by atoms with Crippen LogP contribution in [0.2, 0.25) is 0 Å². The Kier molecular flexibility index (Phi) is 6.82. The fourth-order valence-electron chi connectivity index (χ4n) is 1.66. The number of aryl methyl sites for hydroxylation is 1. The van der Waals surface area contributed by atoms with Gasteiger partial charge in [-0.3, -0.25) is 5.43 Å². The molecule has 0 radical (unpaired) electrons. The normalized spacial score (nSPS) is 11.8. The number of nitrogens with two attached hydrogens (primary N) is 1. The van der Waals surface area contributed by atoms with Gasteiger partial charge in [0.25, 0.3) is 0 Å². The summed E-state index contributed by atoms with van der Waals surface area (Å²) in [5.74, 6) is 0. The van der Waals surface area contributed by atoms with Gasteiger partial charge in [-0.1, -0.05) is 43.7 Å². The average molecular weight is 275 g/mol. The molecular formula is C15H21N3S. The number of rotatable bonds is 6. The number of nitrogens with zero attached hydrogens (tertiary/aromatic N) is 1. The Bertz CT molecular complexity index is 461. The van der Waals surface area contributed by atoms with Crippen LogP contribution in [-0.4, -0.2) is 11.3 Å². The van der Waals surface area contributed by atoms with Crippen molar-refractivity contribution in [1.82, 2.24) is 5.43 Å². The lowest BCUT2D eigenvalue weighted by atomic mass is 10.1. The van der Waals surface area contributed by atoms with Gasteiger partial charge in [-0.25, -0.2) is 0 Å². The van der Waals surface area contributed by atoms with E-state index in [1.807, 2.05) is 6.92 Å². The maximum absolute atomic E-state index is 5.27. The van der Waals surface area contributed by atoms with Crippen molar-refractivity contribution < 1.29 is 0 Å². The number of unbranched alkanes of at least 4 members (excludes halogenated alkanes) is 1. The van der Waals surface area contributed by atoms with Crippen LogP contribution in [0.1, 0.15) is 37.8 Å². The van der Waals surface area contributed by atoms with Crippen molar-refractivity contribution in [2.24, 2.45) is 10.8 Å². The number of thiocarbonyl (C=S) groups is 1. The van der Waals surface area contributed by atoms with Gasteiger partial charge in [0, 0.05) is 0 Å². The van der Waals surface area contributed by atoms with Gasteiger partial charge in [0.1, 0.15) is 0 Å². The van der Waals surface area contributed by atoms with E-state index < -0.39 is 0 Å². The first-order valence-corrected chi connectivity index (χ1v) is 6.88. The monoisotopic (exact) mass is 275 g/mol. The summed E-state index contributed by atoms with van der Waals surface area (Å²) >= 11 is 4.66. The molecule has 0 saturated carbocycles. The van der Waals surface area contributed by atoms with E-state index in [1.54, 1.807) is 6.21 Å². The highest BCUT2D eigenvalue weighted by Gasteiger charge is 1.93. The second-order valence-corrected chi connectivity index (χ2v) is 4.91. The summed E-state index contributed by atoms with van der Waals surface area (Å²) in [7, 11) is 0. The molecule has 0 amide bonds. The van der Waals surface area contributed by atoms with E-state index >= 15 is 0 Å². The minimum absolute atomic E-state index is 0.171. The van der Waals surface area contributed by atoms with E-state index in [4.69, 9.17) is 5.73 Å². The summed E-state index contributed by atoms with van der Waals surface area (Å²) in [5, 5.41) is 4.09. The van der Waals surface area contributed by atoms with Crippen LogP contribution in [0, 0.1) is 0 Å². The van der Waals surface area contributed by atoms with Crippen molar-refractivity contribution in [3.05, 3.63) is 41.0 Å². The third-order valence-corrected chi connectivity index (χ3v) is 2.73. The highest BCUT2D eigenvalue weighted by Crippen LogP contribution is 2.10. The third kappa shape index (κ3) is 6.72. The van der Waals surface area contributed by atoms with Crippen molar-refractivity contribution in [1.29, 1.82) is 0 Å². The minimum Gasteiger partial charge on any atom is -0.375 e. The Balaban J connectivity index is 2.60. The molecule has 0 fully saturated rings. The third-order valence-electron chi connectivity index (χ3n) is 2.64. The molecule has 4 heteroatoms. The van der Waals surface area contributed by atoms with Crippen molar-refractivity contribution >= 4 is 29.6 Å². The maximum atomic E-state index is 5.27. The van der Waals surface area contributed by atoms with Crippen LogP contribution in [0.25, 0.3) is 6.08 Å². The summed E-state index contributed by atoms with van der Waals surface area (Å²) in [6.45, 7) is 4.19. The molecule has 3 N–H and O–H groups in total. The largest absolute Gasteiger partial charge is 0.375 e. The van der Waals surface area contributed by atoms with Gasteiger partial charge < -0.3 is 5.73 Å². The molecule has 3 nitrogen and oxygen atoms in total. The summed E-state index contributed by atoms with van der Waals surface area (Å²) < 4.78 is 0. The van der Waals surface area contributed by atoms with Gasteiger partial charge in [-0.15, -0.1) is 0 Å². The van der Waals surface area contributed by atoms with Gasteiger partial charge in [-0.2, -0.15) is 5.10 Å². The molecule has 102 valence electrons. The Hall–Kier alpha value is -1.68. The van der Waals surface area contributed by atoms with E-state index in [-0.39, 0.29) is 5.11 Å². The molecule has 0 aliphatic carbocycles. The van der Waals surface area contributed by atoms with Gasteiger partial charge in [0.05, 0.1) is 6.21 Å². The lowest BCUT2D eigenvalue weighted by Crippen LogP contribution is -2.23. The molecule has 0 aromatic heterocycles. The zero-order valence-corrected chi connectivity index (χ0v) is 12.3. The first-order chi connectivity index (χ1) is 9.11. The van der Waals surface area contributed by atoms with Gasteiger partial charge in [-0.05, 0) is 48.7 Å². The molecule has 0 aliphatic heterocycles. The minimum atomic E-state index is 0.171. The smallest absolute Gasteiger partial charge is 0.184 e. The maximum Gasteiger partial charge on any atom is 0.184 e. The number of benzene rings is 1. The predicted molar refractivity (Wildman–Crippen MR) is 87.1 cm³/mol. The van der Waals surface area contributed by atoms with Crippen molar-refractivity contribution in [3.8, 4) is 0 Å². The second-order valence-electron chi connectivity index (χ2n) is 4.47. The molecule has 0 spiro atoms. The molecular weight excluding hydrogens is 254 g/mol. The van der Waals surface area contributed by atoms with Crippen LogP contribution in [0.4, 0.5) is 0 Å². The van der Waals surface area contributed by atoms with E-state index in [0.717, 1.165) is 12.0 Å². The zero-order chi connectivity index (χ0) is 14.1. The van der Waals surface area contributed by atoms with Crippen LogP contribution >= 0.6 is 12.2 Å². The Labute approximate surface area is 120 Å². The Morgan fingerprint density at radius 1 is 1.37 bits per heavy atom. The standard InChI is InChI=1S/C15H21N3S/c1-3-4-5-13-6-8-14(9-7-13)10-12(2)11-17-18-15(16)19/h6-11H,3-5H2,1-2H3,(H3,16,18,19)/b12-10+,17-11+. The molecule has 0 saturated heterocycles. The van der Waals surface area contributed by atoms with Crippen LogP contribution in [0.15, 0.2) is 34.9 Å². The highest BCUT2D eigenvalue weighted by molar-refractivity contribution is 7.80. The van der Waals surface area contributed by atoms with Crippen LogP contribution in [0.5, 0.6) is 0 Å². The number of hydrogen-bond donors (Lipinski definition) is 2. The second kappa shape index (κ2) is 8.43. The van der Waals surface area contributed by atoms with Gasteiger partial charge in [0.15, 0.2) is 5.11 Å². The van der Waals surface area contributed by atoms with Crippen molar-refractivity contribution in [3.63, 3.8) is 0 Å². The van der Waals surface area contributed by atoms with Crippen molar-refractivity contribution in [2.45, 2.75) is 33.1 Å². The fraction of sp³-hybridized carbons (Fsp3) is 0.333. The number of hydrazone groups is 1. The van der Waals surface area contributed by atoms with E-state index in [0.29, 0.717) is 0 Å². The lowest BCUT2D eigenvalue weighted by molar-refractivity contribution is 0.795. The van der Waals surface area contributed by atoms with Crippen LogP contribution in [0.3, 0.4) is 0 Å². The molecule has 0 heterocycles. The van der Waals surface area contributed by atoms with Crippen molar-refractivity contribution in [2.75, 3.05) is 0 Å². The first-order valence-electron chi connectivity index (χ1n) is 6.47. The number of allylic oxidation sites excluding steroid dienone is 1. The van der Waals surface area contributed by atoms with E-state index in [9.17, 15) is 0 Å². The summed E-state index contributed by atoms with van der Waals surface area (Å²) in [6.07, 6.45) is 7.38. The average Bonchev–Trinajstić information content (AvgIpc) is 2.37. The number of hydrogen-bond acceptors (Lipinski definition) is 2. The Morgan fingerprint density at radius 3 is 2.63 bits per heavy atom. The zero-order valence-electron chi connectivity index (χ0n) is 11.5. The molecule has 1 aromatic rings. The summed E-state index contributed by atoms with van der Waals surface area (Å²) in [6, 6.07) is 8.62. The number of nitrogens with one attached hydrogen (secondary N) is 1. The lowest BCUT2D eigenvalue weighted by Gasteiger charge is -2.01. The molecule has 0 atom stereocenters. The van der Waals surface area contributed by atoms with Crippen LogP contribution in [-0.2, 0) is 6.42 Å². The molecule has 1 rings (SSSR count). The Morgan fingerprint density at radius 2 is 2.05 bits per heavy atom. The molecule has 0 bridgehead atoms. The van der Waals surface area contributed by atoms with E-state index in [2.05, 4.69) is 60.0 Å². The van der Waals surface area contributed by atoms with Gasteiger partial charge in [0.2, 0.25) is 0 Å². The first kappa shape index (κ1) is 15.4. The SMILES string of the molecule is CCCCc1ccc(/C=C(C)/C=N/NC(N)=S)cc1. The molecule has 0 unspecified atom stereocenters. The summed E-state index contributed by atoms with van der Waals surface area (Å²) in [4.78, 5) is 0. The van der Waals surface area contributed by atoms with E-state index in [1.165, 1.54) is 24.0 Å². The predicted octanol–water partition coefficient (Wildman–Crippen LogP) is 3.25. The topological polar surface area (TPSA) is 50.4 Å². The molecule has 1 aromatic carbocycles. The quantitative estimate of drug-likeness (QED) is 0.476. The summed E-state index contributed by atoms with van der Waals surface area (Å²) in [5.41, 5.74) is 11.4. The van der Waals surface area contributed by atoms with Gasteiger partial charge >= 0.3 is 0 Å². The van der Waals surface area contributed by atoms with Crippen LogP contribution < -0.4 is 11.2 Å². The molecule has 0 aliphatic rings.